The third kappa shape index (κ3) is 3.33. The number of rotatable bonds is 4. The molecule has 1 aliphatic heterocycles. The first kappa shape index (κ1) is 13.9. The Balaban J connectivity index is 1.51. The summed E-state index contributed by atoms with van der Waals surface area (Å²) in [7, 11) is 0. The molecule has 1 aromatic heterocycles. The Labute approximate surface area is 127 Å². The summed E-state index contributed by atoms with van der Waals surface area (Å²) in [5.41, 5.74) is 8.66. The highest BCUT2D eigenvalue weighted by Crippen LogP contribution is 2.22. The smallest absolute Gasteiger partial charge is 0.233 e. The lowest BCUT2D eigenvalue weighted by atomic mass is 10.2. The first-order valence-corrected chi connectivity index (χ1v) is 7.87. The van der Waals surface area contributed by atoms with Gasteiger partial charge in [0.2, 0.25) is 11.9 Å². The molecule has 0 aliphatic carbocycles. The number of nitrogen functional groups attached to an aromatic ring is 1. The van der Waals surface area contributed by atoms with E-state index in [0.29, 0.717) is 18.8 Å². The number of carbonyl (C=O) groups excluding carboxylic acids is 1. The molecule has 21 heavy (non-hydrogen) atoms. The zero-order valence-electron chi connectivity index (χ0n) is 11.5. The summed E-state index contributed by atoms with van der Waals surface area (Å²) < 4.78 is 0. The summed E-state index contributed by atoms with van der Waals surface area (Å²) in [5, 5.41) is 0. The highest BCUT2D eigenvalue weighted by molar-refractivity contribution is 7.99. The third-order valence-electron chi connectivity index (χ3n) is 3.36. The van der Waals surface area contributed by atoms with Crippen LogP contribution in [0.2, 0.25) is 0 Å². The van der Waals surface area contributed by atoms with Gasteiger partial charge in [0.05, 0.1) is 18.0 Å². The van der Waals surface area contributed by atoms with Crippen molar-refractivity contribution in [2.24, 2.45) is 0 Å². The van der Waals surface area contributed by atoms with Gasteiger partial charge in [0, 0.05) is 24.1 Å². The van der Waals surface area contributed by atoms with Gasteiger partial charge in [0.25, 0.3) is 0 Å². The zero-order valence-corrected chi connectivity index (χ0v) is 12.3. The molecule has 3 rings (SSSR count). The van der Waals surface area contributed by atoms with E-state index in [2.05, 4.69) is 22.1 Å². The molecule has 1 aromatic carbocycles. The van der Waals surface area contributed by atoms with Crippen molar-refractivity contribution >= 4 is 23.6 Å². The van der Waals surface area contributed by atoms with Gasteiger partial charge in [-0.25, -0.2) is 9.97 Å². The molecule has 0 radical (unpaired) electrons. The van der Waals surface area contributed by atoms with Gasteiger partial charge in [0.1, 0.15) is 0 Å². The predicted octanol–water partition coefficient (Wildman–Crippen LogP) is 1.83. The Morgan fingerprint density at radius 2 is 2.10 bits per heavy atom. The minimum absolute atomic E-state index is 0.132. The number of hydrogen-bond donors (Lipinski definition) is 1. The highest BCUT2D eigenvalue weighted by Gasteiger charge is 2.24. The van der Waals surface area contributed by atoms with Gasteiger partial charge in [-0.3, -0.25) is 4.79 Å². The minimum Gasteiger partial charge on any atom is -0.368 e. The van der Waals surface area contributed by atoms with E-state index in [0.717, 1.165) is 17.0 Å². The maximum Gasteiger partial charge on any atom is 0.233 e. The molecular formula is C15H16N4OS. The summed E-state index contributed by atoms with van der Waals surface area (Å²) in [6.45, 7) is 1.12. The van der Waals surface area contributed by atoms with Gasteiger partial charge in [0.15, 0.2) is 0 Å². The van der Waals surface area contributed by atoms with Gasteiger partial charge in [-0.05, 0) is 5.56 Å². The molecule has 5 nitrogen and oxygen atoms in total. The standard InChI is InChI=1S/C15H16N4OS/c16-15-17-6-12-7-19(8-13(12)18-15)14(20)10-21-9-11-4-2-1-3-5-11/h1-6H,7-10H2,(H2,16,17,18). The number of carbonyl (C=O) groups is 1. The fourth-order valence-corrected chi connectivity index (χ4v) is 3.15. The summed E-state index contributed by atoms with van der Waals surface area (Å²) in [6.07, 6.45) is 1.71. The second-order valence-corrected chi connectivity index (χ2v) is 5.91. The van der Waals surface area contributed by atoms with Crippen LogP contribution in [0.1, 0.15) is 16.8 Å². The first-order chi connectivity index (χ1) is 10.2. The molecule has 0 unspecified atom stereocenters. The number of aromatic nitrogens is 2. The van der Waals surface area contributed by atoms with Gasteiger partial charge in [-0.2, -0.15) is 0 Å². The molecule has 0 spiro atoms. The molecule has 1 aliphatic rings. The number of thioether (sulfide) groups is 1. The quantitative estimate of drug-likeness (QED) is 0.932. The fraction of sp³-hybridized carbons (Fsp3) is 0.267. The topological polar surface area (TPSA) is 72.1 Å². The van der Waals surface area contributed by atoms with Crippen molar-refractivity contribution in [2.45, 2.75) is 18.8 Å². The highest BCUT2D eigenvalue weighted by atomic mass is 32.2. The van der Waals surface area contributed by atoms with E-state index in [4.69, 9.17) is 5.73 Å². The van der Waals surface area contributed by atoms with Crippen LogP contribution in [0.15, 0.2) is 36.5 Å². The van der Waals surface area contributed by atoms with Crippen LogP contribution < -0.4 is 5.73 Å². The van der Waals surface area contributed by atoms with E-state index in [9.17, 15) is 4.79 Å². The van der Waals surface area contributed by atoms with Crippen LogP contribution in [-0.4, -0.2) is 26.5 Å². The van der Waals surface area contributed by atoms with Crippen molar-refractivity contribution < 1.29 is 4.79 Å². The van der Waals surface area contributed by atoms with E-state index in [1.54, 1.807) is 22.9 Å². The number of nitrogens with zero attached hydrogens (tertiary/aromatic N) is 3. The molecule has 2 heterocycles. The summed E-state index contributed by atoms with van der Waals surface area (Å²) in [4.78, 5) is 22.2. The lowest BCUT2D eigenvalue weighted by molar-refractivity contribution is -0.128. The molecule has 1 amide bonds. The van der Waals surface area contributed by atoms with E-state index < -0.39 is 0 Å². The molecule has 0 saturated carbocycles. The van der Waals surface area contributed by atoms with Crippen molar-refractivity contribution in [3.05, 3.63) is 53.3 Å². The third-order valence-corrected chi connectivity index (χ3v) is 4.35. The fourth-order valence-electron chi connectivity index (χ4n) is 2.27. The largest absolute Gasteiger partial charge is 0.368 e. The van der Waals surface area contributed by atoms with Crippen molar-refractivity contribution in [3.8, 4) is 0 Å². The van der Waals surface area contributed by atoms with Crippen LogP contribution in [0.5, 0.6) is 0 Å². The number of anilines is 1. The molecular weight excluding hydrogens is 284 g/mol. The number of nitrogens with two attached hydrogens (primary N) is 1. The van der Waals surface area contributed by atoms with Gasteiger partial charge >= 0.3 is 0 Å². The van der Waals surface area contributed by atoms with Crippen LogP contribution in [-0.2, 0) is 23.6 Å². The monoisotopic (exact) mass is 300 g/mol. The average Bonchev–Trinajstić information content (AvgIpc) is 2.91. The molecule has 0 atom stereocenters. The lowest BCUT2D eigenvalue weighted by Crippen LogP contribution is -2.27. The Bertz CT molecular complexity index is 647. The van der Waals surface area contributed by atoms with Crippen molar-refractivity contribution in [1.29, 1.82) is 0 Å². The van der Waals surface area contributed by atoms with Gasteiger partial charge < -0.3 is 10.6 Å². The molecule has 0 fully saturated rings. The van der Waals surface area contributed by atoms with E-state index in [1.807, 2.05) is 18.2 Å². The molecule has 2 N–H and O–H groups in total. The van der Waals surface area contributed by atoms with Gasteiger partial charge in [-0.15, -0.1) is 11.8 Å². The maximum absolute atomic E-state index is 12.2. The first-order valence-electron chi connectivity index (χ1n) is 6.72. The summed E-state index contributed by atoms with van der Waals surface area (Å²) >= 11 is 1.63. The molecule has 0 saturated heterocycles. The minimum atomic E-state index is 0.132. The van der Waals surface area contributed by atoms with Crippen LogP contribution in [0.3, 0.4) is 0 Å². The molecule has 2 aromatic rings. The van der Waals surface area contributed by atoms with Crippen LogP contribution in [0, 0.1) is 0 Å². The van der Waals surface area contributed by atoms with E-state index in [1.165, 1.54) is 5.56 Å². The molecule has 6 heteroatoms. The van der Waals surface area contributed by atoms with E-state index in [-0.39, 0.29) is 11.9 Å². The Morgan fingerprint density at radius 3 is 2.90 bits per heavy atom. The number of fused-ring (bicyclic) bond motifs is 1. The zero-order chi connectivity index (χ0) is 14.7. The Hall–Kier alpha value is -2.08. The molecule has 0 bridgehead atoms. The van der Waals surface area contributed by atoms with Gasteiger partial charge in [-0.1, -0.05) is 30.3 Å². The summed E-state index contributed by atoms with van der Waals surface area (Å²) in [5.74, 6) is 1.72. The van der Waals surface area contributed by atoms with E-state index >= 15 is 0 Å². The average molecular weight is 300 g/mol. The predicted molar refractivity (Wildman–Crippen MR) is 83.3 cm³/mol. The van der Waals surface area contributed by atoms with Crippen molar-refractivity contribution in [2.75, 3.05) is 11.5 Å². The number of benzene rings is 1. The molecule has 108 valence electrons. The number of hydrogen-bond acceptors (Lipinski definition) is 5. The normalized spacial score (nSPS) is 13.2. The Kier molecular flexibility index (Phi) is 4.06. The lowest BCUT2D eigenvalue weighted by Gasteiger charge is -2.14. The second kappa shape index (κ2) is 6.13. The number of amides is 1. The Morgan fingerprint density at radius 1 is 1.29 bits per heavy atom. The maximum atomic E-state index is 12.2. The summed E-state index contributed by atoms with van der Waals surface area (Å²) in [6, 6.07) is 10.2. The van der Waals surface area contributed by atoms with Crippen molar-refractivity contribution in [1.82, 2.24) is 14.9 Å². The van der Waals surface area contributed by atoms with Crippen LogP contribution in [0.4, 0.5) is 5.95 Å². The van der Waals surface area contributed by atoms with Crippen LogP contribution >= 0.6 is 11.8 Å². The van der Waals surface area contributed by atoms with Crippen LogP contribution in [0.25, 0.3) is 0 Å². The van der Waals surface area contributed by atoms with Crippen molar-refractivity contribution in [3.63, 3.8) is 0 Å². The SMILES string of the molecule is Nc1ncc2c(n1)CN(C(=O)CSCc1ccccc1)C2. The second-order valence-electron chi connectivity index (χ2n) is 4.93.